The van der Waals surface area contributed by atoms with Crippen LogP contribution in [-0.2, 0) is 16.0 Å². The Morgan fingerprint density at radius 2 is 1.78 bits per heavy atom. The van der Waals surface area contributed by atoms with Crippen LogP contribution in [0.5, 0.6) is 0 Å². The highest BCUT2D eigenvalue weighted by Crippen LogP contribution is 2.22. The van der Waals surface area contributed by atoms with Crippen molar-refractivity contribution < 1.29 is 18.7 Å². The Bertz CT molecular complexity index is 765. The van der Waals surface area contributed by atoms with E-state index in [0.29, 0.717) is 12.1 Å². The molecule has 27 heavy (non-hydrogen) atoms. The Morgan fingerprint density at radius 3 is 2.52 bits per heavy atom. The van der Waals surface area contributed by atoms with E-state index < -0.39 is 6.09 Å². The highest BCUT2D eigenvalue weighted by Gasteiger charge is 2.26. The van der Waals surface area contributed by atoms with E-state index in [9.17, 15) is 14.0 Å². The summed E-state index contributed by atoms with van der Waals surface area (Å²) in [6, 6.07) is 15.0. The first kappa shape index (κ1) is 18.9. The third-order valence-electron chi connectivity index (χ3n) is 4.56. The molecule has 2 amide bonds. The van der Waals surface area contributed by atoms with Gasteiger partial charge in [0.2, 0.25) is 5.91 Å². The van der Waals surface area contributed by atoms with E-state index in [2.05, 4.69) is 10.6 Å². The SMILES string of the molecule is O=C(Cc1ccc(F)cc1)N[C@H]1CCC[C@H](OC(=O)Nc2ccccc2)C1. The molecule has 2 atom stereocenters. The number of hydrogen-bond donors (Lipinski definition) is 2. The minimum Gasteiger partial charge on any atom is -0.446 e. The summed E-state index contributed by atoms with van der Waals surface area (Å²) < 4.78 is 18.4. The summed E-state index contributed by atoms with van der Waals surface area (Å²) in [4.78, 5) is 24.2. The topological polar surface area (TPSA) is 67.4 Å². The largest absolute Gasteiger partial charge is 0.446 e. The van der Waals surface area contributed by atoms with Gasteiger partial charge < -0.3 is 10.1 Å². The zero-order valence-corrected chi connectivity index (χ0v) is 15.0. The highest BCUT2D eigenvalue weighted by molar-refractivity contribution is 5.84. The molecule has 3 rings (SSSR count). The molecule has 1 aliphatic rings. The molecule has 2 N–H and O–H groups in total. The molecule has 142 valence electrons. The van der Waals surface area contributed by atoms with Crippen LogP contribution in [0, 0.1) is 5.82 Å². The van der Waals surface area contributed by atoms with Crippen LogP contribution in [0.3, 0.4) is 0 Å². The smallest absolute Gasteiger partial charge is 0.411 e. The maximum Gasteiger partial charge on any atom is 0.411 e. The molecule has 0 saturated heterocycles. The van der Waals surface area contributed by atoms with Crippen LogP contribution in [-0.4, -0.2) is 24.1 Å². The van der Waals surface area contributed by atoms with E-state index in [4.69, 9.17) is 4.74 Å². The Labute approximate surface area is 157 Å². The lowest BCUT2D eigenvalue weighted by Crippen LogP contribution is -2.41. The lowest BCUT2D eigenvalue weighted by Gasteiger charge is -2.29. The van der Waals surface area contributed by atoms with Crippen molar-refractivity contribution in [3.63, 3.8) is 0 Å². The van der Waals surface area contributed by atoms with Gasteiger partial charge in [-0.2, -0.15) is 0 Å². The lowest BCUT2D eigenvalue weighted by molar-refractivity contribution is -0.121. The molecule has 0 bridgehead atoms. The molecule has 1 aliphatic carbocycles. The normalized spacial score (nSPS) is 19.1. The molecular formula is C21H23FN2O3. The lowest BCUT2D eigenvalue weighted by atomic mass is 9.92. The van der Waals surface area contributed by atoms with Crippen LogP contribution in [0.25, 0.3) is 0 Å². The predicted molar refractivity (Wildman–Crippen MR) is 101 cm³/mol. The first-order valence-electron chi connectivity index (χ1n) is 9.15. The van der Waals surface area contributed by atoms with Crippen LogP contribution < -0.4 is 10.6 Å². The molecule has 0 aromatic heterocycles. The van der Waals surface area contributed by atoms with Gasteiger partial charge in [-0.15, -0.1) is 0 Å². The Hall–Kier alpha value is -2.89. The summed E-state index contributed by atoms with van der Waals surface area (Å²) in [5, 5.41) is 5.69. The number of halogens is 1. The maximum absolute atomic E-state index is 12.9. The predicted octanol–water partition coefficient (Wildman–Crippen LogP) is 4.04. The van der Waals surface area contributed by atoms with Crippen molar-refractivity contribution in [1.29, 1.82) is 0 Å². The summed E-state index contributed by atoms with van der Waals surface area (Å²) in [6.07, 6.45) is 2.61. The van der Waals surface area contributed by atoms with E-state index in [0.717, 1.165) is 24.8 Å². The second kappa shape index (κ2) is 9.16. The van der Waals surface area contributed by atoms with E-state index in [-0.39, 0.29) is 30.3 Å². The number of para-hydroxylation sites is 1. The molecular weight excluding hydrogens is 347 g/mol. The number of rotatable bonds is 5. The van der Waals surface area contributed by atoms with Gasteiger partial charge in [-0.05, 0) is 49.1 Å². The van der Waals surface area contributed by atoms with Crippen LogP contribution in [0.15, 0.2) is 54.6 Å². The standard InChI is InChI=1S/C21H23FN2O3/c22-16-11-9-15(10-12-16)13-20(25)23-18-7-4-8-19(14-18)27-21(26)24-17-5-2-1-3-6-17/h1-3,5-6,9-12,18-19H,4,7-8,13-14H2,(H,23,25)(H,24,26)/t18-,19-/m0/s1. The summed E-state index contributed by atoms with van der Waals surface area (Å²) >= 11 is 0. The fraction of sp³-hybridized carbons (Fsp3) is 0.333. The van der Waals surface area contributed by atoms with Gasteiger partial charge in [-0.25, -0.2) is 9.18 Å². The monoisotopic (exact) mass is 370 g/mol. The van der Waals surface area contributed by atoms with Gasteiger partial charge in [0.15, 0.2) is 0 Å². The molecule has 6 heteroatoms. The number of benzene rings is 2. The summed E-state index contributed by atoms with van der Waals surface area (Å²) in [7, 11) is 0. The molecule has 0 unspecified atom stereocenters. The summed E-state index contributed by atoms with van der Waals surface area (Å²) in [5.41, 5.74) is 1.45. The number of carbonyl (C=O) groups excluding carboxylic acids is 2. The Kier molecular flexibility index (Phi) is 6.41. The van der Waals surface area contributed by atoms with Crippen molar-refractivity contribution in [1.82, 2.24) is 5.32 Å². The Morgan fingerprint density at radius 1 is 1.04 bits per heavy atom. The number of carbonyl (C=O) groups is 2. The summed E-state index contributed by atoms with van der Waals surface area (Å²) in [6.45, 7) is 0. The minimum absolute atomic E-state index is 0.0266. The molecule has 1 fully saturated rings. The van der Waals surface area contributed by atoms with Crippen molar-refractivity contribution in [2.45, 2.75) is 44.2 Å². The van der Waals surface area contributed by atoms with Crippen LogP contribution in [0.2, 0.25) is 0 Å². The van der Waals surface area contributed by atoms with E-state index >= 15 is 0 Å². The van der Waals surface area contributed by atoms with Gasteiger partial charge in [-0.3, -0.25) is 10.1 Å². The number of amides is 2. The van der Waals surface area contributed by atoms with Crippen LogP contribution >= 0.6 is 0 Å². The van der Waals surface area contributed by atoms with E-state index in [1.165, 1.54) is 12.1 Å². The van der Waals surface area contributed by atoms with Crippen molar-refractivity contribution >= 4 is 17.7 Å². The van der Waals surface area contributed by atoms with Gasteiger partial charge in [-0.1, -0.05) is 30.3 Å². The third kappa shape index (κ3) is 6.09. The molecule has 5 nitrogen and oxygen atoms in total. The van der Waals surface area contributed by atoms with E-state index in [1.807, 2.05) is 18.2 Å². The van der Waals surface area contributed by atoms with Crippen molar-refractivity contribution in [3.8, 4) is 0 Å². The third-order valence-corrected chi connectivity index (χ3v) is 4.56. The average Bonchev–Trinajstić information content (AvgIpc) is 2.64. The molecule has 0 heterocycles. The van der Waals surface area contributed by atoms with Crippen LogP contribution in [0.1, 0.15) is 31.2 Å². The summed E-state index contributed by atoms with van der Waals surface area (Å²) in [5.74, 6) is -0.429. The molecule has 1 saturated carbocycles. The van der Waals surface area contributed by atoms with Crippen molar-refractivity contribution in [3.05, 3.63) is 66.0 Å². The second-order valence-corrected chi connectivity index (χ2v) is 6.75. The van der Waals surface area contributed by atoms with Gasteiger partial charge in [0.1, 0.15) is 11.9 Å². The Balaban J connectivity index is 1.45. The minimum atomic E-state index is -0.482. The first-order valence-corrected chi connectivity index (χ1v) is 9.15. The second-order valence-electron chi connectivity index (χ2n) is 6.75. The average molecular weight is 370 g/mol. The van der Waals surface area contributed by atoms with Crippen molar-refractivity contribution in [2.75, 3.05) is 5.32 Å². The molecule has 0 spiro atoms. The van der Waals surface area contributed by atoms with Gasteiger partial charge in [0.25, 0.3) is 0 Å². The number of anilines is 1. The van der Waals surface area contributed by atoms with E-state index in [1.54, 1.807) is 24.3 Å². The quantitative estimate of drug-likeness (QED) is 0.835. The molecule has 0 aliphatic heterocycles. The number of hydrogen-bond acceptors (Lipinski definition) is 3. The fourth-order valence-electron chi connectivity index (χ4n) is 3.27. The number of ether oxygens (including phenoxy) is 1. The van der Waals surface area contributed by atoms with Gasteiger partial charge in [0, 0.05) is 18.2 Å². The van der Waals surface area contributed by atoms with Gasteiger partial charge >= 0.3 is 6.09 Å². The number of nitrogens with one attached hydrogen (secondary N) is 2. The fourth-order valence-corrected chi connectivity index (χ4v) is 3.27. The van der Waals surface area contributed by atoms with Crippen LogP contribution in [0.4, 0.5) is 14.9 Å². The molecule has 0 radical (unpaired) electrons. The first-order chi connectivity index (χ1) is 13.1. The zero-order chi connectivity index (χ0) is 19.1. The maximum atomic E-state index is 12.9. The van der Waals surface area contributed by atoms with Crippen molar-refractivity contribution in [2.24, 2.45) is 0 Å². The molecule has 2 aromatic carbocycles. The highest BCUT2D eigenvalue weighted by atomic mass is 19.1. The molecule has 2 aromatic rings. The van der Waals surface area contributed by atoms with Gasteiger partial charge in [0.05, 0.1) is 6.42 Å². The zero-order valence-electron chi connectivity index (χ0n) is 15.0.